The van der Waals surface area contributed by atoms with Crippen LogP contribution in [0.5, 0.6) is 0 Å². The van der Waals surface area contributed by atoms with Crippen molar-refractivity contribution < 1.29 is 19.0 Å². The lowest BCUT2D eigenvalue weighted by molar-refractivity contribution is -0.156. The highest BCUT2D eigenvalue weighted by Crippen LogP contribution is 2.56. The molecule has 0 aliphatic carbocycles. The molecule has 98 valence electrons. The summed E-state index contributed by atoms with van der Waals surface area (Å²) in [4.78, 5) is 10.5. The molecule has 2 aliphatic heterocycles. The van der Waals surface area contributed by atoms with Crippen LogP contribution < -0.4 is 0 Å². The minimum atomic E-state index is -0.229. The predicted octanol–water partition coefficient (Wildman–Crippen LogP) is 1.97. The van der Waals surface area contributed by atoms with Gasteiger partial charge in [0.05, 0.1) is 17.6 Å². The molecule has 2 rings (SSSR count). The third kappa shape index (κ3) is 1.69. The van der Waals surface area contributed by atoms with Crippen molar-refractivity contribution in [3.63, 3.8) is 0 Å². The van der Waals surface area contributed by atoms with Gasteiger partial charge in [-0.2, -0.15) is 0 Å². The molecule has 2 heterocycles. The number of carbonyl (C=O) groups excluding carboxylic acids is 1. The average Bonchev–Trinajstić information content (AvgIpc) is 2.69. The normalized spacial score (nSPS) is 49.1. The van der Waals surface area contributed by atoms with Gasteiger partial charge in [0, 0.05) is 0 Å². The molecule has 0 amide bonds. The predicted molar refractivity (Wildman–Crippen MR) is 62.3 cm³/mol. The van der Waals surface area contributed by atoms with Crippen LogP contribution in [0, 0.1) is 17.3 Å². The van der Waals surface area contributed by atoms with Crippen LogP contribution in [0.25, 0.3) is 0 Å². The molecule has 4 heteroatoms. The van der Waals surface area contributed by atoms with E-state index < -0.39 is 0 Å². The van der Waals surface area contributed by atoms with Crippen molar-refractivity contribution in [1.29, 1.82) is 0 Å². The van der Waals surface area contributed by atoms with Crippen molar-refractivity contribution in [3.8, 4) is 0 Å². The third-order valence-electron chi connectivity index (χ3n) is 4.77. The zero-order valence-electron chi connectivity index (χ0n) is 11.0. The van der Waals surface area contributed by atoms with Crippen LogP contribution in [0.1, 0.15) is 34.1 Å². The summed E-state index contributed by atoms with van der Waals surface area (Å²) in [7, 11) is 0. The molecule has 0 aromatic heterocycles. The highest BCUT2D eigenvalue weighted by atomic mass is 16.7. The smallest absolute Gasteiger partial charge is 0.293 e. The molecule has 0 bridgehead atoms. The summed E-state index contributed by atoms with van der Waals surface area (Å²) in [5.74, 6) is 0.717. The Labute approximate surface area is 103 Å². The molecule has 5 unspecified atom stereocenters. The monoisotopic (exact) mass is 242 g/mol. The first kappa shape index (κ1) is 12.8. The third-order valence-corrected chi connectivity index (χ3v) is 4.77. The van der Waals surface area contributed by atoms with E-state index in [0.717, 1.165) is 6.42 Å². The van der Waals surface area contributed by atoms with Crippen LogP contribution in [0.15, 0.2) is 0 Å². The molecule has 17 heavy (non-hydrogen) atoms. The molecule has 0 saturated carbocycles. The Balaban J connectivity index is 2.31. The molecule has 2 aliphatic rings. The van der Waals surface area contributed by atoms with Crippen molar-refractivity contribution >= 4 is 6.47 Å². The summed E-state index contributed by atoms with van der Waals surface area (Å²) < 4.78 is 16.9. The molecule has 0 N–H and O–H groups in total. The van der Waals surface area contributed by atoms with E-state index in [1.54, 1.807) is 0 Å². The summed E-state index contributed by atoms with van der Waals surface area (Å²) in [6.07, 6.45) is 1.10. The minimum absolute atomic E-state index is 0.150. The molecule has 2 fully saturated rings. The van der Waals surface area contributed by atoms with Crippen molar-refractivity contribution in [2.45, 2.75) is 52.6 Å². The van der Waals surface area contributed by atoms with Crippen LogP contribution in [0.4, 0.5) is 0 Å². The Kier molecular flexibility index (Phi) is 3.46. The first-order valence-corrected chi connectivity index (χ1v) is 6.44. The maximum atomic E-state index is 10.5. The quantitative estimate of drug-likeness (QED) is 0.707. The summed E-state index contributed by atoms with van der Waals surface area (Å²) in [6.45, 7) is 9.39. The highest BCUT2D eigenvalue weighted by Gasteiger charge is 2.63. The van der Waals surface area contributed by atoms with Gasteiger partial charge in [-0.25, -0.2) is 0 Å². The van der Waals surface area contributed by atoms with E-state index in [0.29, 0.717) is 24.9 Å². The number of hydrogen-bond acceptors (Lipinski definition) is 4. The lowest BCUT2D eigenvalue weighted by Crippen LogP contribution is -2.43. The number of carbonyl (C=O) groups is 1. The van der Waals surface area contributed by atoms with Gasteiger partial charge in [-0.1, -0.05) is 13.8 Å². The first-order chi connectivity index (χ1) is 8.07. The van der Waals surface area contributed by atoms with Gasteiger partial charge < -0.3 is 14.2 Å². The van der Waals surface area contributed by atoms with Gasteiger partial charge in [0.15, 0.2) is 6.29 Å². The van der Waals surface area contributed by atoms with Crippen LogP contribution in [-0.4, -0.2) is 31.6 Å². The molecule has 0 spiro atoms. The first-order valence-electron chi connectivity index (χ1n) is 6.44. The fraction of sp³-hybridized carbons (Fsp3) is 0.923. The largest absolute Gasteiger partial charge is 0.467 e. The lowest BCUT2D eigenvalue weighted by Gasteiger charge is -2.36. The summed E-state index contributed by atoms with van der Waals surface area (Å²) >= 11 is 0. The van der Waals surface area contributed by atoms with Crippen molar-refractivity contribution in [2.75, 3.05) is 6.61 Å². The fourth-order valence-electron chi connectivity index (χ4n) is 3.69. The van der Waals surface area contributed by atoms with Crippen molar-refractivity contribution in [3.05, 3.63) is 0 Å². The lowest BCUT2D eigenvalue weighted by atomic mass is 9.66. The topological polar surface area (TPSA) is 44.8 Å². The Morgan fingerprint density at radius 1 is 1.24 bits per heavy atom. The van der Waals surface area contributed by atoms with E-state index in [2.05, 4.69) is 27.7 Å². The van der Waals surface area contributed by atoms with Gasteiger partial charge >= 0.3 is 0 Å². The van der Waals surface area contributed by atoms with Gasteiger partial charge in [0.2, 0.25) is 0 Å². The Hall–Kier alpha value is -0.610. The van der Waals surface area contributed by atoms with Gasteiger partial charge in [-0.05, 0) is 32.1 Å². The van der Waals surface area contributed by atoms with Crippen molar-refractivity contribution in [2.24, 2.45) is 17.3 Å². The number of hydrogen-bond donors (Lipinski definition) is 0. The minimum Gasteiger partial charge on any atom is -0.467 e. The van der Waals surface area contributed by atoms with Crippen LogP contribution in [0.2, 0.25) is 0 Å². The van der Waals surface area contributed by atoms with Crippen LogP contribution in [0.3, 0.4) is 0 Å². The second-order valence-electron chi connectivity index (χ2n) is 5.34. The van der Waals surface area contributed by atoms with E-state index in [4.69, 9.17) is 14.2 Å². The Morgan fingerprint density at radius 3 is 2.47 bits per heavy atom. The van der Waals surface area contributed by atoms with Gasteiger partial charge in [0.1, 0.15) is 6.61 Å². The zero-order valence-corrected chi connectivity index (χ0v) is 11.0. The zero-order chi connectivity index (χ0) is 12.6. The summed E-state index contributed by atoms with van der Waals surface area (Å²) in [6, 6.07) is 0. The van der Waals surface area contributed by atoms with Gasteiger partial charge in [-0.15, -0.1) is 0 Å². The Bertz CT molecular complexity index is 293. The maximum absolute atomic E-state index is 10.5. The summed E-state index contributed by atoms with van der Waals surface area (Å²) in [5.41, 5.74) is -0.172. The molecule has 6 atom stereocenters. The molecule has 4 nitrogen and oxygen atoms in total. The fourth-order valence-corrected chi connectivity index (χ4v) is 3.69. The van der Waals surface area contributed by atoms with Gasteiger partial charge in [0.25, 0.3) is 6.47 Å². The van der Waals surface area contributed by atoms with E-state index in [1.807, 2.05) is 0 Å². The highest BCUT2D eigenvalue weighted by molar-refractivity contribution is 5.37. The molecule has 2 saturated heterocycles. The van der Waals surface area contributed by atoms with E-state index in [9.17, 15) is 4.79 Å². The molecule has 0 aromatic carbocycles. The second-order valence-corrected chi connectivity index (χ2v) is 5.34. The van der Waals surface area contributed by atoms with Gasteiger partial charge in [-0.3, -0.25) is 4.79 Å². The number of fused-ring (bicyclic) bond motifs is 1. The molecule has 0 aromatic rings. The number of ether oxygens (including phenoxy) is 3. The maximum Gasteiger partial charge on any atom is 0.293 e. The standard InChI is InChI=1S/C13H22O4/c1-5-11-10(4)17-12-13(11,6-15-7-14)8(2)9(3)16-12/h7-12H,5-6H2,1-4H3/t8?,9?,10?,11?,12?,13-/m1/s1. The van der Waals surface area contributed by atoms with E-state index in [1.165, 1.54) is 0 Å². The molecule has 0 radical (unpaired) electrons. The van der Waals surface area contributed by atoms with Crippen LogP contribution in [-0.2, 0) is 19.0 Å². The second kappa shape index (κ2) is 4.58. The van der Waals surface area contributed by atoms with Crippen LogP contribution >= 0.6 is 0 Å². The van der Waals surface area contributed by atoms with E-state index in [-0.39, 0.29) is 23.9 Å². The van der Waals surface area contributed by atoms with E-state index >= 15 is 0 Å². The average molecular weight is 242 g/mol. The SMILES string of the molecule is CCC1C(C)OC2OC(C)C(C)[C@@]21COC=O. The number of rotatable bonds is 4. The summed E-state index contributed by atoms with van der Waals surface area (Å²) in [5, 5.41) is 0. The van der Waals surface area contributed by atoms with Crippen molar-refractivity contribution in [1.82, 2.24) is 0 Å². The molecular formula is C13H22O4. The molecular weight excluding hydrogens is 220 g/mol. The Morgan fingerprint density at radius 2 is 1.88 bits per heavy atom.